The summed E-state index contributed by atoms with van der Waals surface area (Å²) in [6.07, 6.45) is 19.6. The number of unbranched alkanes of at least 4 members (excludes halogenated alkanes) is 9. The van der Waals surface area contributed by atoms with Gasteiger partial charge in [0.25, 0.3) is 0 Å². The molecule has 1 saturated heterocycles. The van der Waals surface area contributed by atoms with Crippen LogP contribution in [0.4, 0.5) is 0 Å². The zero-order valence-corrected chi connectivity index (χ0v) is 16.8. The molecule has 0 radical (unpaired) electrons. The van der Waals surface area contributed by atoms with Crippen LogP contribution in [0.5, 0.6) is 0 Å². The molecule has 0 spiro atoms. The number of allylic oxidation sites excluding steroid dienone is 2. The first-order valence-electron chi connectivity index (χ1n) is 11.2. The van der Waals surface area contributed by atoms with Crippen LogP contribution in [-0.2, 0) is 9.59 Å². The second-order valence-electron chi connectivity index (χ2n) is 8.87. The van der Waals surface area contributed by atoms with Gasteiger partial charge < -0.3 is 0 Å². The summed E-state index contributed by atoms with van der Waals surface area (Å²) in [4.78, 5) is 27.2. The van der Waals surface area contributed by atoms with Crippen molar-refractivity contribution >= 4 is 11.8 Å². The third kappa shape index (κ3) is 4.07. The van der Waals surface area contributed by atoms with E-state index < -0.39 is 0 Å². The molecule has 2 bridgehead atoms. The van der Waals surface area contributed by atoms with Gasteiger partial charge in [-0.2, -0.15) is 0 Å². The van der Waals surface area contributed by atoms with Crippen molar-refractivity contribution in [2.75, 3.05) is 0 Å². The van der Waals surface area contributed by atoms with Crippen LogP contribution in [0.1, 0.15) is 90.9 Å². The molecule has 5 atom stereocenters. The number of fused-ring (bicyclic) bond motifs is 5. The van der Waals surface area contributed by atoms with Gasteiger partial charge in [-0.15, -0.1) is 0 Å². The average molecular weight is 360 g/mol. The summed E-state index contributed by atoms with van der Waals surface area (Å²) >= 11 is 0. The molecular formula is C23H37NO2. The van der Waals surface area contributed by atoms with Gasteiger partial charge in [-0.25, -0.2) is 0 Å². The smallest absolute Gasteiger partial charge is 0.233 e. The molecule has 2 fully saturated rings. The molecule has 2 aliphatic carbocycles. The fraction of sp³-hybridized carbons (Fsp3) is 0.826. The second kappa shape index (κ2) is 9.19. The van der Waals surface area contributed by atoms with Gasteiger partial charge in [0.2, 0.25) is 11.8 Å². The lowest BCUT2D eigenvalue weighted by Crippen LogP contribution is -2.40. The lowest BCUT2D eigenvalue weighted by molar-refractivity contribution is -0.143. The largest absolute Gasteiger partial charge is 0.279 e. The number of hydrogen-bond donors (Lipinski definition) is 0. The minimum absolute atomic E-state index is 0.0346. The molecule has 3 aliphatic rings. The lowest BCUT2D eigenvalue weighted by atomic mass is 9.85. The number of hydrogen-bond acceptors (Lipinski definition) is 2. The van der Waals surface area contributed by atoms with E-state index in [1.807, 2.05) is 0 Å². The SMILES string of the molecule is CCCCCCCCCCCCC(C)N1C(=O)C2C3C=CC(C3)C2C1=O. The molecule has 0 aromatic carbocycles. The molecule has 2 amide bonds. The molecule has 1 heterocycles. The standard InChI is InChI=1S/C23H37NO2/c1-3-4-5-6-7-8-9-10-11-12-13-17(2)24-22(25)20-18-14-15-19(16-18)21(20)23(24)26/h14-15,17-21H,3-13,16H2,1-2H3. The van der Waals surface area contributed by atoms with E-state index >= 15 is 0 Å². The van der Waals surface area contributed by atoms with E-state index in [2.05, 4.69) is 26.0 Å². The number of carbonyl (C=O) groups is 2. The molecule has 0 aromatic rings. The number of amides is 2. The Morgan fingerprint density at radius 1 is 0.846 bits per heavy atom. The first-order chi connectivity index (χ1) is 12.6. The highest BCUT2D eigenvalue weighted by molar-refractivity contribution is 6.06. The predicted octanol–water partition coefficient (Wildman–Crippen LogP) is 5.49. The third-order valence-corrected chi connectivity index (χ3v) is 6.92. The minimum atomic E-state index is -0.0346. The lowest BCUT2D eigenvalue weighted by Gasteiger charge is -2.24. The normalized spacial score (nSPS) is 30.5. The van der Waals surface area contributed by atoms with Gasteiger partial charge in [-0.3, -0.25) is 14.5 Å². The van der Waals surface area contributed by atoms with Gasteiger partial charge in [0, 0.05) is 6.04 Å². The molecule has 3 heteroatoms. The first-order valence-corrected chi connectivity index (χ1v) is 11.2. The minimum Gasteiger partial charge on any atom is -0.279 e. The summed E-state index contributed by atoms with van der Waals surface area (Å²) in [6, 6.07) is 0.0778. The van der Waals surface area contributed by atoms with Gasteiger partial charge >= 0.3 is 0 Å². The van der Waals surface area contributed by atoms with Crippen LogP contribution in [0.3, 0.4) is 0 Å². The topological polar surface area (TPSA) is 37.4 Å². The van der Waals surface area contributed by atoms with Crippen molar-refractivity contribution in [1.82, 2.24) is 4.90 Å². The molecule has 1 aliphatic heterocycles. The van der Waals surface area contributed by atoms with E-state index in [-0.39, 0.29) is 29.7 Å². The first kappa shape index (κ1) is 19.6. The van der Waals surface area contributed by atoms with E-state index in [4.69, 9.17) is 0 Å². The maximum atomic E-state index is 12.8. The third-order valence-electron chi connectivity index (χ3n) is 6.92. The van der Waals surface area contributed by atoms with Gasteiger partial charge in [0.05, 0.1) is 11.8 Å². The van der Waals surface area contributed by atoms with Crippen LogP contribution in [0.2, 0.25) is 0 Å². The fourth-order valence-electron chi connectivity index (χ4n) is 5.42. The summed E-state index contributed by atoms with van der Waals surface area (Å²) in [5.41, 5.74) is 0. The molecule has 0 aromatic heterocycles. The maximum absolute atomic E-state index is 12.8. The second-order valence-corrected chi connectivity index (χ2v) is 8.87. The molecule has 3 rings (SSSR count). The van der Waals surface area contributed by atoms with Crippen LogP contribution < -0.4 is 0 Å². The van der Waals surface area contributed by atoms with Crippen molar-refractivity contribution in [2.24, 2.45) is 23.7 Å². The van der Waals surface area contributed by atoms with Crippen LogP contribution in [0.25, 0.3) is 0 Å². The molecule has 5 unspecified atom stereocenters. The molecule has 3 nitrogen and oxygen atoms in total. The zero-order valence-electron chi connectivity index (χ0n) is 16.8. The maximum Gasteiger partial charge on any atom is 0.233 e. The van der Waals surface area contributed by atoms with Gasteiger partial charge in [-0.1, -0.05) is 83.3 Å². The van der Waals surface area contributed by atoms with Crippen LogP contribution >= 0.6 is 0 Å². The Kier molecular flexibility index (Phi) is 6.94. The Labute approximate surface area is 159 Å². The molecule has 26 heavy (non-hydrogen) atoms. The Morgan fingerprint density at radius 3 is 1.81 bits per heavy atom. The van der Waals surface area contributed by atoms with Crippen LogP contribution in [0.15, 0.2) is 12.2 Å². The highest BCUT2D eigenvalue weighted by Crippen LogP contribution is 2.52. The van der Waals surface area contributed by atoms with E-state index in [9.17, 15) is 9.59 Å². The Morgan fingerprint density at radius 2 is 1.31 bits per heavy atom. The van der Waals surface area contributed by atoms with Crippen molar-refractivity contribution in [1.29, 1.82) is 0 Å². The van der Waals surface area contributed by atoms with Crippen molar-refractivity contribution in [2.45, 2.75) is 96.9 Å². The molecular weight excluding hydrogens is 322 g/mol. The number of nitrogens with zero attached hydrogens (tertiary/aromatic N) is 1. The van der Waals surface area contributed by atoms with Crippen molar-refractivity contribution in [3.8, 4) is 0 Å². The van der Waals surface area contributed by atoms with Crippen LogP contribution in [0, 0.1) is 23.7 Å². The summed E-state index contributed by atoms with van der Waals surface area (Å²) in [7, 11) is 0. The number of rotatable bonds is 12. The molecule has 0 N–H and O–H groups in total. The highest BCUT2D eigenvalue weighted by Gasteiger charge is 2.59. The fourth-order valence-corrected chi connectivity index (χ4v) is 5.42. The van der Waals surface area contributed by atoms with E-state index in [1.165, 1.54) is 57.8 Å². The van der Waals surface area contributed by atoms with E-state index in [0.717, 1.165) is 19.3 Å². The molecule has 1 saturated carbocycles. The predicted molar refractivity (Wildman–Crippen MR) is 105 cm³/mol. The number of imide groups is 1. The van der Waals surface area contributed by atoms with Gasteiger partial charge in [0.15, 0.2) is 0 Å². The summed E-state index contributed by atoms with van der Waals surface area (Å²) in [5, 5.41) is 0. The van der Waals surface area contributed by atoms with Crippen molar-refractivity contribution < 1.29 is 9.59 Å². The average Bonchev–Trinajstić information content (AvgIpc) is 3.30. The molecule has 146 valence electrons. The number of likely N-dealkylation sites (tertiary alicyclic amines) is 1. The quantitative estimate of drug-likeness (QED) is 0.262. The van der Waals surface area contributed by atoms with Crippen molar-refractivity contribution in [3.05, 3.63) is 12.2 Å². The van der Waals surface area contributed by atoms with E-state index in [1.54, 1.807) is 4.90 Å². The van der Waals surface area contributed by atoms with Gasteiger partial charge in [-0.05, 0) is 31.6 Å². The Bertz CT molecular complexity index is 496. The van der Waals surface area contributed by atoms with Crippen LogP contribution in [-0.4, -0.2) is 22.8 Å². The summed E-state index contributed by atoms with van der Waals surface area (Å²) < 4.78 is 0. The zero-order chi connectivity index (χ0) is 18.5. The Balaban J connectivity index is 1.30. The summed E-state index contributed by atoms with van der Waals surface area (Å²) in [5.74, 6) is 0.833. The Hall–Kier alpha value is -1.12. The highest BCUT2D eigenvalue weighted by atomic mass is 16.2. The van der Waals surface area contributed by atoms with Crippen molar-refractivity contribution in [3.63, 3.8) is 0 Å². The van der Waals surface area contributed by atoms with E-state index in [0.29, 0.717) is 11.8 Å². The summed E-state index contributed by atoms with van der Waals surface area (Å²) in [6.45, 7) is 4.33. The van der Waals surface area contributed by atoms with Gasteiger partial charge in [0.1, 0.15) is 0 Å². The monoisotopic (exact) mass is 359 g/mol. The number of carbonyl (C=O) groups excluding carboxylic acids is 2.